The maximum Gasteiger partial charge on any atom is 0.238 e. The molecule has 0 unspecified atom stereocenters. The van der Waals surface area contributed by atoms with E-state index in [1.165, 1.54) is 12.1 Å². The van der Waals surface area contributed by atoms with E-state index >= 15 is 0 Å². The summed E-state index contributed by atoms with van der Waals surface area (Å²) >= 11 is 0. The van der Waals surface area contributed by atoms with Crippen molar-refractivity contribution in [3.8, 4) is 0 Å². The Morgan fingerprint density at radius 1 is 0.929 bits per heavy atom. The number of carbonyl (C=O) groups excluding carboxylic acids is 2. The van der Waals surface area contributed by atoms with Crippen LogP contribution in [-0.4, -0.2) is 42.9 Å². The second kappa shape index (κ2) is 7.62. The average Bonchev–Trinajstić information content (AvgIpc) is 3.55. The van der Waals surface area contributed by atoms with E-state index in [0.717, 1.165) is 11.3 Å². The molecule has 0 atom stereocenters. The van der Waals surface area contributed by atoms with Crippen LogP contribution < -0.4 is 10.2 Å². The molecule has 1 heterocycles. The molecule has 2 fully saturated rings. The molecule has 0 spiro atoms. The number of amides is 2. The molecule has 0 bridgehead atoms. The standard InChI is InChI=1S/C22H24FN3O2/c23-18-6-8-19(9-7-18)25-12-14-26(15-13-25)21(28)22(10-11-22)20(27)24-16-17-4-2-1-3-5-17/h1-9H,10-16H2,(H,24,27). The summed E-state index contributed by atoms with van der Waals surface area (Å²) in [5.74, 6) is -0.478. The summed E-state index contributed by atoms with van der Waals surface area (Å²) in [5, 5.41) is 2.93. The molecule has 4 rings (SSSR count). The number of benzene rings is 2. The highest BCUT2D eigenvalue weighted by molar-refractivity contribution is 6.07. The molecule has 1 aliphatic carbocycles. The van der Waals surface area contributed by atoms with E-state index in [2.05, 4.69) is 10.2 Å². The number of hydrogen-bond acceptors (Lipinski definition) is 3. The van der Waals surface area contributed by atoms with Crippen LogP contribution in [0.1, 0.15) is 18.4 Å². The lowest BCUT2D eigenvalue weighted by Gasteiger charge is -2.37. The molecule has 2 aromatic rings. The van der Waals surface area contributed by atoms with Gasteiger partial charge in [-0.3, -0.25) is 9.59 Å². The lowest BCUT2D eigenvalue weighted by atomic mass is 10.0. The fraction of sp³-hybridized carbons (Fsp3) is 0.364. The minimum Gasteiger partial charge on any atom is -0.368 e. The van der Waals surface area contributed by atoms with Crippen molar-refractivity contribution in [3.05, 3.63) is 66.0 Å². The Labute approximate surface area is 164 Å². The van der Waals surface area contributed by atoms with Gasteiger partial charge in [0, 0.05) is 38.4 Å². The highest BCUT2D eigenvalue weighted by Crippen LogP contribution is 2.47. The van der Waals surface area contributed by atoms with Crippen LogP contribution in [0.15, 0.2) is 54.6 Å². The molecule has 0 radical (unpaired) electrons. The van der Waals surface area contributed by atoms with Crippen molar-refractivity contribution in [1.29, 1.82) is 0 Å². The van der Waals surface area contributed by atoms with Crippen LogP contribution >= 0.6 is 0 Å². The predicted octanol–water partition coefficient (Wildman–Crippen LogP) is 2.57. The SMILES string of the molecule is O=C(NCc1ccccc1)C1(C(=O)N2CCN(c3ccc(F)cc3)CC2)CC1. The van der Waals surface area contributed by atoms with E-state index in [4.69, 9.17) is 0 Å². The normalized spacial score (nSPS) is 17.9. The summed E-state index contributed by atoms with van der Waals surface area (Å²) < 4.78 is 13.1. The van der Waals surface area contributed by atoms with Crippen LogP contribution in [0.2, 0.25) is 0 Å². The first-order valence-corrected chi connectivity index (χ1v) is 9.71. The number of anilines is 1. The molecular weight excluding hydrogens is 357 g/mol. The fourth-order valence-electron chi connectivity index (χ4n) is 3.73. The van der Waals surface area contributed by atoms with Gasteiger partial charge in [0.1, 0.15) is 11.2 Å². The van der Waals surface area contributed by atoms with Crippen molar-refractivity contribution in [2.24, 2.45) is 5.41 Å². The predicted molar refractivity (Wildman–Crippen MR) is 105 cm³/mol. The molecule has 2 amide bonds. The van der Waals surface area contributed by atoms with Gasteiger partial charge in [0.25, 0.3) is 0 Å². The largest absolute Gasteiger partial charge is 0.368 e. The Morgan fingerprint density at radius 2 is 1.57 bits per heavy atom. The van der Waals surface area contributed by atoms with Crippen molar-refractivity contribution in [2.45, 2.75) is 19.4 Å². The number of carbonyl (C=O) groups is 2. The van der Waals surface area contributed by atoms with Gasteiger partial charge in [0.2, 0.25) is 11.8 Å². The van der Waals surface area contributed by atoms with E-state index < -0.39 is 5.41 Å². The van der Waals surface area contributed by atoms with Crippen LogP contribution in [-0.2, 0) is 16.1 Å². The molecular formula is C22H24FN3O2. The van der Waals surface area contributed by atoms with Gasteiger partial charge in [0.05, 0.1) is 0 Å². The Bertz CT molecular complexity index is 842. The third-order valence-corrected chi connectivity index (χ3v) is 5.65. The number of nitrogens with zero attached hydrogens (tertiary/aromatic N) is 2. The summed E-state index contributed by atoms with van der Waals surface area (Å²) in [5.41, 5.74) is 1.09. The number of rotatable bonds is 5. The van der Waals surface area contributed by atoms with E-state index in [0.29, 0.717) is 45.6 Å². The number of nitrogens with one attached hydrogen (secondary N) is 1. The molecule has 1 aliphatic heterocycles. The Morgan fingerprint density at radius 3 is 2.18 bits per heavy atom. The van der Waals surface area contributed by atoms with Gasteiger partial charge in [-0.2, -0.15) is 0 Å². The van der Waals surface area contributed by atoms with Crippen LogP contribution in [0.5, 0.6) is 0 Å². The first-order chi connectivity index (χ1) is 13.6. The highest BCUT2D eigenvalue weighted by atomic mass is 19.1. The van der Waals surface area contributed by atoms with Crippen LogP contribution in [0, 0.1) is 11.2 Å². The maximum absolute atomic E-state index is 13.1. The molecule has 28 heavy (non-hydrogen) atoms. The van der Waals surface area contributed by atoms with Crippen molar-refractivity contribution in [3.63, 3.8) is 0 Å². The minimum absolute atomic E-state index is 0.0585. The average molecular weight is 381 g/mol. The number of piperazine rings is 1. The zero-order valence-corrected chi connectivity index (χ0v) is 15.7. The molecule has 1 saturated heterocycles. The molecule has 6 heteroatoms. The van der Waals surface area contributed by atoms with E-state index in [1.807, 2.05) is 30.3 Å². The summed E-state index contributed by atoms with van der Waals surface area (Å²) in [4.78, 5) is 29.7. The van der Waals surface area contributed by atoms with Crippen molar-refractivity contribution < 1.29 is 14.0 Å². The van der Waals surface area contributed by atoms with Gasteiger partial charge < -0.3 is 15.1 Å². The third kappa shape index (κ3) is 3.72. The van der Waals surface area contributed by atoms with Crippen LogP contribution in [0.25, 0.3) is 0 Å². The van der Waals surface area contributed by atoms with Crippen LogP contribution in [0.3, 0.4) is 0 Å². The maximum atomic E-state index is 13.1. The summed E-state index contributed by atoms with van der Waals surface area (Å²) in [6, 6.07) is 16.1. The Kier molecular flexibility index (Phi) is 5.03. The van der Waals surface area contributed by atoms with Gasteiger partial charge >= 0.3 is 0 Å². The monoisotopic (exact) mass is 381 g/mol. The van der Waals surface area contributed by atoms with Crippen molar-refractivity contribution in [2.75, 3.05) is 31.1 Å². The van der Waals surface area contributed by atoms with E-state index in [9.17, 15) is 14.0 Å². The van der Waals surface area contributed by atoms with Gasteiger partial charge in [-0.25, -0.2) is 4.39 Å². The van der Waals surface area contributed by atoms with Gasteiger partial charge in [-0.15, -0.1) is 0 Å². The summed E-state index contributed by atoms with van der Waals surface area (Å²) in [6.45, 7) is 2.94. The Balaban J connectivity index is 1.33. The summed E-state index contributed by atoms with van der Waals surface area (Å²) in [7, 11) is 0. The molecule has 2 aromatic carbocycles. The summed E-state index contributed by atoms with van der Waals surface area (Å²) in [6.07, 6.45) is 1.23. The number of halogens is 1. The second-order valence-electron chi connectivity index (χ2n) is 7.51. The molecule has 2 aliphatic rings. The zero-order chi connectivity index (χ0) is 19.6. The van der Waals surface area contributed by atoms with E-state index in [-0.39, 0.29) is 17.6 Å². The quantitative estimate of drug-likeness (QED) is 0.810. The Hall–Kier alpha value is -2.89. The van der Waals surface area contributed by atoms with Crippen LogP contribution in [0.4, 0.5) is 10.1 Å². The molecule has 5 nitrogen and oxygen atoms in total. The van der Waals surface area contributed by atoms with Crippen molar-refractivity contribution >= 4 is 17.5 Å². The fourth-order valence-corrected chi connectivity index (χ4v) is 3.73. The molecule has 146 valence electrons. The first kappa shape index (κ1) is 18.5. The second-order valence-corrected chi connectivity index (χ2v) is 7.51. The molecule has 0 aromatic heterocycles. The molecule has 1 saturated carbocycles. The lowest BCUT2D eigenvalue weighted by Crippen LogP contribution is -2.53. The van der Waals surface area contributed by atoms with Crippen molar-refractivity contribution in [1.82, 2.24) is 10.2 Å². The topological polar surface area (TPSA) is 52.7 Å². The van der Waals surface area contributed by atoms with E-state index in [1.54, 1.807) is 17.0 Å². The zero-order valence-electron chi connectivity index (χ0n) is 15.7. The smallest absolute Gasteiger partial charge is 0.238 e. The highest BCUT2D eigenvalue weighted by Gasteiger charge is 2.58. The van der Waals surface area contributed by atoms with Gasteiger partial charge in [0.15, 0.2) is 0 Å². The van der Waals surface area contributed by atoms with Gasteiger partial charge in [-0.1, -0.05) is 30.3 Å². The lowest BCUT2D eigenvalue weighted by molar-refractivity contribution is -0.144. The van der Waals surface area contributed by atoms with Gasteiger partial charge in [-0.05, 0) is 42.7 Å². The third-order valence-electron chi connectivity index (χ3n) is 5.65. The first-order valence-electron chi connectivity index (χ1n) is 9.71. The minimum atomic E-state index is -0.882. The molecule has 1 N–H and O–H groups in total. The number of hydrogen-bond donors (Lipinski definition) is 1.